The molecule has 4 nitrogen and oxygen atoms in total. The van der Waals surface area contributed by atoms with E-state index in [-0.39, 0.29) is 6.10 Å². The molecule has 0 saturated carbocycles. The minimum absolute atomic E-state index is 0.250. The molecule has 1 fully saturated rings. The van der Waals surface area contributed by atoms with Crippen molar-refractivity contribution >= 4 is 0 Å². The average molecular weight is 245 g/mol. The maximum atomic E-state index is 9.65. The second-order valence-corrected chi connectivity index (χ2v) is 4.74. The van der Waals surface area contributed by atoms with E-state index in [0.717, 1.165) is 26.0 Å². The van der Waals surface area contributed by atoms with E-state index in [4.69, 9.17) is 9.47 Å². The molecule has 102 valence electrons. The molecular weight excluding hydrogens is 218 g/mol. The molecule has 1 heterocycles. The Morgan fingerprint density at radius 1 is 1.47 bits per heavy atom. The molecule has 2 atom stereocenters. The Bertz CT molecular complexity index is 172. The molecule has 1 aliphatic heterocycles. The molecule has 1 aliphatic rings. The number of hydrogen-bond acceptors (Lipinski definition) is 4. The molecule has 0 amide bonds. The summed E-state index contributed by atoms with van der Waals surface area (Å²) in [6.07, 6.45) is 5.73. The highest BCUT2D eigenvalue weighted by Crippen LogP contribution is 2.11. The number of ether oxygens (including phenoxy) is 2. The van der Waals surface area contributed by atoms with Gasteiger partial charge in [-0.05, 0) is 25.8 Å². The summed E-state index contributed by atoms with van der Waals surface area (Å²) in [6.45, 7) is 5.67. The number of nitrogens with one attached hydrogen (secondary N) is 1. The van der Waals surface area contributed by atoms with Crippen molar-refractivity contribution in [3.05, 3.63) is 0 Å². The molecule has 0 bridgehead atoms. The van der Waals surface area contributed by atoms with Crippen LogP contribution in [0, 0.1) is 0 Å². The Morgan fingerprint density at radius 3 is 3.06 bits per heavy atom. The summed E-state index contributed by atoms with van der Waals surface area (Å²) in [6, 6.07) is 0. The molecule has 0 radical (unpaired) electrons. The lowest BCUT2D eigenvalue weighted by Gasteiger charge is -2.14. The fraction of sp³-hybridized carbons (Fsp3) is 1.00. The molecule has 0 aromatic carbocycles. The van der Waals surface area contributed by atoms with Gasteiger partial charge in [0.15, 0.2) is 0 Å². The summed E-state index contributed by atoms with van der Waals surface area (Å²) >= 11 is 0. The maximum Gasteiger partial charge on any atom is 0.0897 e. The average Bonchev–Trinajstić information content (AvgIpc) is 2.82. The van der Waals surface area contributed by atoms with Gasteiger partial charge in [0.05, 0.1) is 25.4 Å². The Balaban J connectivity index is 1.84. The van der Waals surface area contributed by atoms with Crippen LogP contribution in [-0.4, -0.2) is 50.2 Å². The van der Waals surface area contributed by atoms with E-state index in [2.05, 4.69) is 12.2 Å². The minimum atomic E-state index is -0.405. The van der Waals surface area contributed by atoms with Crippen molar-refractivity contribution in [2.24, 2.45) is 0 Å². The quantitative estimate of drug-likeness (QED) is 0.570. The molecule has 1 rings (SSSR count). The lowest BCUT2D eigenvalue weighted by atomic mass is 10.2. The predicted octanol–water partition coefficient (Wildman–Crippen LogP) is 1.32. The topological polar surface area (TPSA) is 50.7 Å². The number of aliphatic hydroxyl groups excluding tert-OH is 1. The highest BCUT2D eigenvalue weighted by molar-refractivity contribution is 4.64. The van der Waals surface area contributed by atoms with E-state index < -0.39 is 6.10 Å². The smallest absolute Gasteiger partial charge is 0.0897 e. The van der Waals surface area contributed by atoms with Gasteiger partial charge in [0, 0.05) is 13.2 Å². The first-order chi connectivity index (χ1) is 8.33. The molecule has 4 heteroatoms. The van der Waals surface area contributed by atoms with Gasteiger partial charge in [-0.25, -0.2) is 0 Å². The molecule has 0 aromatic heterocycles. The van der Waals surface area contributed by atoms with Crippen LogP contribution in [0.3, 0.4) is 0 Å². The standard InChI is InChI=1S/C13H27NO3/c1-2-3-4-7-14-9-12(15)10-16-11-13-6-5-8-17-13/h12-15H,2-11H2,1H3. The third-order valence-corrected chi connectivity index (χ3v) is 2.98. The van der Waals surface area contributed by atoms with Crippen LogP contribution in [0.4, 0.5) is 0 Å². The fourth-order valence-electron chi connectivity index (χ4n) is 1.94. The zero-order valence-corrected chi connectivity index (χ0v) is 11.0. The van der Waals surface area contributed by atoms with E-state index in [1.54, 1.807) is 0 Å². The van der Waals surface area contributed by atoms with Crippen molar-refractivity contribution in [2.45, 2.75) is 51.2 Å². The van der Waals surface area contributed by atoms with Crippen LogP contribution >= 0.6 is 0 Å². The van der Waals surface area contributed by atoms with E-state index >= 15 is 0 Å². The maximum absolute atomic E-state index is 9.65. The molecule has 1 saturated heterocycles. The van der Waals surface area contributed by atoms with Gasteiger partial charge >= 0.3 is 0 Å². The van der Waals surface area contributed by atoms with Gasteiger partial charge in [-0.2, -0.15) is 0 Å². The SMILES string of the molecule is CCCCCNCC(O)COCC1CCCO1. The monoisotopic (exact) mass is 245 g/mol. The van der Waals surface area contributed by atoms with E-state index in [1.807, 2.05) is 0 Å². The number of hydrogen-bond donors (Lipinski definition) is 2. The van der Waals surface area contributed by atoms with Crippen LogP contribution in [0.25, 0.3) is 0 Å². The number of unbranched alkanes of at least 4 members (excludes halogenated alkanes) is 2. The molecular formula is C13H27NO3. The zero-order valence-electron chi connectivity index (χ0n) is 11.0. The van der Waals surface area contributed by atoms with Crippen molar-refractivity contribution in [3.63, 3.8) is 0 Å². The first-order valence-corrected chi connectivity index (χ1v) is 6.91. The third kappa shape index (κ3) is 7.71. The van der Waals surface area contributed by atoms with E-state index in [0.29, 0.717) is 19.8 Å². The van der Waals surface area contributed by atoms with Gasteiger partial charge in [0.2, 0.25) is 0 Å². The summed E-state index contributed by atoms with van der Waals surface area (Å²) in [5.74, 6) is 0. The van der Waals surface area contributed by atoms with Gasteiger partial charge in [-0.15, -0.1) is 0 Å². The summed E-state index contributed by atoms with van der Waals surface area (Å²) in [7, 11) is 0. The molecule has 2 unspecified atom stereocenters. The lowest BCUT2D eigenvalue weighted by molar-refractivity contribution is -0.0163. The Labute approximate surface area is 105 Å². The van der Waals surface area contributed by atoms with Crippen LogP contribution in [0.5, 0.6) is 0 Å². The second-order valence-electron chi connectivity index (χ2n) is 4.74. The Kier molecular flexibility index (Phi) is 8.61. The van der Waals surface area contributed by atoms with Crippen LogP contribution in [0.2, 0.25) is 0 Å². The molecule has 0 spiro atoms. The second kappa shape index (κ2) is 9.83. The Hall–Kier alpha value is -0.160. The van der Waals surface area contributed by atoms with Gasteiger partial charge in [-0.3, -0.25) is 0 Å². The summed E-state index contributed by atoms with van der Waals surface area (Å²) < 4.78 is 10.9. The van der Waals surface area contributed by atoms with E-state index in [9.17, 15) is 5.11 Å². The van der Waals surface area contributed by atoms with Crippen LogP contribution in [0.15, 0.2) is 0 Å². The van der Waals surface area contributed by atoms with Crippen molar-refractivity contribution < 1.29 is 14.6 Å². The van der Waals surface area contributed by atoms with Gasteiger partial charge in [-0.1, -0.05) is 19.8 Å². The van der Waals surface area contributed by atoms with Gasteiger partial charge < -0.3 is 19.9 Å². The fourth-order valence-corrected chi connectivity index (χ4v) is 1.94. The molecule has 17 heavy (non-hydrogen) atoms. The first-order valence-electron chi connectivity index (χ1n) is 6.91. The summed E-state index contributed by atoms with van der Waals surface area (Å²) in [4.78, 5) is 0. The van der Waals surface area contributed by atoms with Crippen molar-refractivity contribution in [1.82, 2.24) is 5.32 Å². The first kappa shape index (κ1) is 14.9. The summed E-state index contributed by atoms with van der Waals surface area (Å²) in [5, 5.41) is 12.9. The van der Waals surface area contributed by atoms with Crippen molar-refractivity contribution in [3.8, 4) is 0 Å². The van der Waals surface area contributed by atoms with Crippen LogP contribution < -0.4 is 5.32 Å². The Morgan fingerprint density at radius 2 is 2.35 bits per heavy atom. The van der Waals surface area contributed by atoms with Crippen LogP contribution in [0.1, 0.15) is 39.0 Å². The lowest BCUT2D eigenvalue weighted by Crippen LogP contribution is -2.32. The van der Waals surface area contributed by atoms with Gasteiger partial charge in [0.25, 0.3) is 0 Å². The van der Waals surface area contributed by atoms with Crippen LogP contribution in [-0.2, 0) is 9.47 Å². The highest BCUT2D eigenvalue weighted by atomic mass is 16.5. The van der Waals surface area contributed by atoms with Crippen molar-refractivity contribution in [2.75, 3.05) is 32.9 Å². The molecule has 0 aromatic rings. The largest absolute Gasteiger partial charge is 0.389 e. The predicted molar refractivity (Wildman–Crippen MR) is 68.2 cm³/mol. The third-order valence-electron chi connectivity index (χ3n) is 2.98. The molecule has 0 aliphatic carbocycles. The minimum Gasteiger partial charge on any atom is -0.389 e. The number of rotatable bonds is 10. The zero-order chi connectivity index (χ0) is 12.3. The highest BCUT2D eigenvalue weighted by Gasteiger charge is 2.15. The molecule has 2 N–H and O–H groups in total. The van der Waals surface area contributed by atoms with Gasteiger partial charge in [0.1, 0.15) is 0 Å². The van der Waals surface area contributed by atoms with Crippen molar-refractivity contribution in [1.29, 1.82) is 0 Å². The normalized spacial score (nSPS) is 21.9. The number of aliphatic hydroxyl groups is 1. The summed E-state index contributed by atoms with van der Waals surface area (Å²) in [5.41, 5.74) is 0. The van der Waals surface area contributed by atoms with E-state index in [1.165, 1.54) is 19.3 Å².